The predicted molar refractivity (Wildman–Crippen MR) is 88.0 cm³/mol. The first-order valence-electron chi connectivity index (χ1n) is 11.2. The second-order valence-electron chi connectivity index (χ2n) is 4.06. The number of fused-ring (bicyclic) bond motifs is 3. The van der Waals surface area contributed by atoms with Crippen LogP contribution in [-0.2, 0) is 0 Å². The van der Waals surface area contributed by atoms with Gasteiger partial charge in [-0.2, -0.15) is 0 Å². The largest absolute Gasteiger partial charge is 0.308 e. The maximum atomic E-state index is 8.44. The molecule has 0 aliphatic carbocycles. The average molecular weight is 286 g/mol. The minimum atomic E-state index is -0.577. The molecule has 4 rings (SSSR count). The van der Waals surface area contributed by atoms with Gasteiger partial charge in [0.15, 0.2) is 0 Å². The third-order valence-electron chi connectivity index (χ3n) is 2.96. The van der Waals surface area contributed by atoms with Crippen LogP contribution in [0.2, 0.25) is 0 Å². The molecular weight excluding hydrogens is 262 g/mol. The summed E-state index contributed by atoms with van der Waals surface area (Å²) in [5.41, 5.74) is -0.428. The van der Waals surface area contributed by atoms with Crippen LogP contribution in [0, 0.1) is 0 Å². The molecule has 0 radical (unpaired) electrons. The maximum absolute atomic E-state index is 8.44. The first kappa shape index (κ1) is 4.97. The first-order chi connectivity index (χ1) is 14.4. The molecule has 0 spiro atoms. The van der Waals surface area contributed by atoms with Crippen molar-refractivity contribution in [3.8, 4) is 5.69 Å². The molecular formula is C18H13NS. The van der Waals surface area contributed by atoms with Gasteiger partial charge in [-0.1, -0.05) is 48.3 Å². The second-order valence-corrected chi connectivity index (χ2v) is 4.54. The molecule has 0 amide bonds. The fraction of sp³-hybridized carbons (Fsp3) is 0. The SMILES string of the molecule is [2H]c1cc(S)c(-n2c3c([2H])c([2H])c([2H])c([2H])c3c3c([2H])c([2H])c([2H])c([2H])c32)c([2H])c1[2H]. The molecule has 1 heterocycles. The standard InChI is InChI=1S/C18H13NS/c20-18-12-6-5-11-17(18)19-15-9-3-1-7-13(15)14-8-2-4-10-16(14)19/h1-12,20H/i1D,2D,3D,4D,5D,6D,7D,8D,9D,10D,11D. The summed E-state index contributed by atoms with van der Waals surface area (Å²) in [4.78, 5) is 0.0459. The van der Waals surface area contributed by atoms with E-state index in [4.69, 9.17) is 15.1 Å². The van der Waals surface area contributed by atoms with Crippen molar-refractivity contribution >= 4 is 34.4 Å². The van der Waals surface area contributed by atoms with Crippen molar-refractivity contribution in [2.75, 3.05) is 0 Å². The summed E-state index contributed by atoms with van der Waals surface area (Å²) in [7, 11) is 0. The predicted octanol–water partition coefficient (Wildman–Crippen LogP) is 5.07. The Labute approximate surface area is 138 Å². The number of benzene rings is 3. The monoisotopic (exact) mass is 286 g/mol. The van der Waals surface area contributed by atoms with Gasteiger partial charge in [-0.15, -0.1) is 12.6 Å². The molecule has 0 bridgehead atoms. The molecule has 0 fully saturated rings. The topological polar surface area (TPSA) is 4.93 Å². The normalized spacial score (nSPS) is 18.9. The number of thiol groups is 1. The summed E-state index contributed by atoms with van der Waals surface area (Å²) in [6, 6.07) is -4.25. The van der Waals surface area contributed by atoms with E-state index in [0.717, 1.165) is 4.57 Å². The fourth-order valence-corrected chi connectivity index (χ4v) is 2.37. The lowest BCUT2D eigenvalue weighted by atomic mass is 10.2. The molecule has 0 unspecified atom stereocenters. The Morgan fingerprint density at radius 1 is 0.750 bits per heavy atom. The molecule has 1 aromatic heterocycles. The van der Waals surface area contributed by atoms with Gasteiger partial charge in [-0.3, -0.25) is 0 Å². The lowest BCUT2D eigenvalue weighted by Gasteiger charge is -2.09. The Hall–Kier alpha value is -2.19. The highest BCUT2D eigenvalue weighted by atomic mass is 32.1. The van der Waals surface area contributed by atoms with Crippen molar-refractivity contribution in [2.45, 2.75) is 4.90 Å². The molecule has 2 heteroatoms. The lowest BCUT2D eigenvalue weighted by molar-refractivity contribution is 1.13. The van der Waals surface area contributed by atoms with Crippen LogP contribution in [0.4, 0.5) is 0 Å². The summed E-state index contributed by atoms with van der Waals surface area (Å²) in [6.07, 6.45) is 0. The Bertz CT molecular complexity index is 1380. The van der Waals surface area contributed by atoms with E-state index in [9.17, 15) is 0 Å². The molecule has 4 aromatic rings. The third kappa shape index (κ3) is 1.58. The van der Waals surface area contributed by atoms with E-state index >= 15 is 0 Å². The smallest absolute Gasteiger partial charge is 0.0645 e. The minimum absolute atomic E-state index is 0.0459. The van der Waals surface area contributed by atoms with E-state index in [0.29, 0.717) is 0 Å². The molecule has 0 saturated carbocycles. The molecule has 0 aliphatic rings. The van der Waals surface area contributed by atoms with Crippen LogP contribution in [0.3, 0.4) is 0 Å². The molecule has 3 aromatic carbocycles. The summed E-state index contributed by atoms with van der Waals surface area (Å²) in [6.45, 7) is 0. The Kier molecular flexibility index (Phi) is 1.10. The van der Waals surface area contributed by atoms with Gasteiger partial charge >= 0.3 is 0 Å². The number of hydrogen-bond acceptors (Lipinski definition) is 1. The van der Waals surface area contributed by atoms with Crippen molar-refractivity contribution in [1.29, 1.82) is 0 Å². The van der Waals surface area contributed by atoms with Gasteiger partial charge < -0.3 is 4.57 Å². The molecule has 20 heavy (non-hydrogen) atoms. The van der Waals surface area contributed by atoms with Crippen molar-refractivity contribution in [1.82, 2.24) is 4.57 Å². The fourth-order valence-electron chi connectivity index (χ4n) is 2.15. The highest BCUT2D eigenvalue weighted by Gasteiger charge is 2.12. The second kappa shape index (κ2) is 4.43. The van der Waals surface area contributed by atoms with E-state index in [1.54, 1.807) is 0 Å². The van der Waals surface area contributed by atoms with Crippen LogP contribution in [0.25, 0.3) is 27.5 Å². The van der Waals surface area contributed by atoms with Crippen LogP contribution in [0.5, 0.6) is 0 Å². The van der Waals surface area contributed by atoms with Crippen LogP contribution in [0.1, 0.15) is 15.1 Å². The van der Waals surface area contributed by atoms with Gasteiger partial charge in [0.05, 0.1) is 31.8 Å². The van der Waals surface area contributed by atoms with E-state index in [1.165, 1.54) is 6.07 Å². The molecule has 0 atom stereocenters. The molecule has 1 nitrogen and oxygen atoms in total. The highest BCUT2D eigenvalue weighted by Crippen LogP contribution is 2.33. The van der Waals surface area contributed by atoms with Gasteiger partial charge in [0, 0.05) is 15.7 Å². The van der Waals surface area contributed by atoms with Crippen molar-refractivity contribution in [3.63, 3.8) is 0 Å². The zero-order valence-electron chi connectivity index (χ0n) is 21.0. The summed E-state index contributed by atoms with van der Waals surface area (Å²) < 4.78 is 91.1. The van der Waals surface area contributed by atoms with Crippen LogP contribution < -0.4 is 0 Å². The number of aromatic nitrogens is 1. The number of nitrogens with zero attached hydrogens (tertiary/aromatic N) is 1. The van der Waals surface area contributed by atoms with Gasteiger partial charge in [-0.05, 0) is 24.2 Å². The van der Waals surface area contributed by atoms with Crippen molar-refractivity contribution < 1.29 is 15.1 Å². The zero-order chi connectivity index (χ0) is 23.1. The minimum Gasteiger partial charge on any atom is -0.308 e. The van der Waals surface area contributed by atoms with E-state index in [2.05, 4.69) is 12.6 Å². The third-order valence-corrected chi connectivity index (χ3v) is 3.30. The Morgan fingerprint density at radius 2 is 1.30 bits per heavy atom. The summed E-state index contributed by atoms with van der Waals surface area (Å²) in [5.74, 6) is 0. The van der Waals surface area contributed by atoms with Gasteiger partial charge in [-0.25, -0.2) is 0 Å². The molecule has 0 saturated heterocycles. The quantitative estimate of drug-likeness (QED) is 0.466. The average Bonchev–Trinajstić information content (AvgIpc) is 3.07. The van der Waals surface area contributed by atoms with Gasteiger partial charge in [0.25, 0.3) is 0 Å². The number of hydrogen-bond donors (Lipinski definition) is 1. The van der Waals surface area contributed by atoms with Crippen molar-refractivity contribution in [2.24, 2.45) is 0 Å². The lowest BCUT2D eigenvalue weighted by Crippen LogP contribution is -1.94. The number of rotatable bonds is 1. The Morgan fingerprint density at radius 3 is 1.95 bits per heavy atom. The van der Waals surface area contributed by atoms with E-state index in [-0.39, 0.29) is 38.4 Å². The molecule has 0 aliphatic heterocycles. The van der Waals surface area contributed by atoms with Crippen LogP contribution in [0.15, 0.2) is 77.4 Å². The van der Waals surface area contributed by atoms with Crippen LogP contribution in [-0.4, -0.2) is 4.57 Å². The number of para-hydroxylation sites is 3. The highest BCUT2D eigenvalue weighted by molar-refractivity contribution is 7.80. The first-order valence-corrected chi connectivity index (χ1v) is 6.17. The van der Waals surface area contributed by atoms with Crippen LogP contribution >= 0.6 is 12.6 Å². The van der Waals surface area contributed by atoms with Crippen molar-refractivity contribution in [3.05, 3.63) is 72.5 Å². The Balaban J connectivity index is 2.48. The molecule has 0 N–H and O–H groups in total. The molecule has 96 valence electrons. The van der Waals surface area contributed by atoms with Gasteiger partial charge in [0.1, 0.15) is 0 Å². The van der Waals surface area contributed by atoms with E-state index < -0.39 is 60.4 Å². The zero-order valence-corrected chi connectivity index (χ0v) is 10.9. The van der Waals surface area contributed by atoms with E-state index in [1.807, 2.05) is 0 Å². The van der Waals surface area contributed by atoms with Gasteiger partial charge in [0.2, 0.25) is 0 Å². The summed E-state index contributed by atoms with van der Waals surface area (Å²) in [5, 5.41) is -0.247. The maximum Gasteiger partial charge on any atom is 0.0645 e. The summed E-state index contributed by atoms with van der Waals surface area (Å²) >= 11 is 4.31.